The van der Waals surface area contributed by atoms with E-state index in [1.54, 1.807) is 0 Å². The van der Waals surface area contributed by atoms with Crippen molar-refractivity contribution in [3.63, 3.8) is 0 Å². The number of hydrogen-bond acceptors (Lipinski definition) is 3. The van der Waals surface area contributed by atoms with Gasteiger partial charge in [-0.2, -0.15) is 0 Å². The third kappa shape index (κ3) is 2.64. The van der Waals surface area contributed by atoms with E-state index in [2.05, 4.69) is 28.6 Å². The minimum atomic E-state index is 0.605. The Morgan fingerprint density at radius 1 is 1.00 bits per heavy atom. The van der Waals surface area contributed by atoms with Crippen LogP contribution in [0.1, 0.15) is 19.5 Å². The maximum atomic E-state index is 5.69. The quantitative estimate of drug-likeness (QED) is 0.711. The molecule has 3 aromatic rings. The summed E-state index contributed by atoms with van der Waals surface area (Å²) in [4.78, 5) is 4.69. The molecular weight excluding hydrogens is 276 g/mol. The average molecular weight is 296 g/mol. The van der Waals surface area contributed by atoms with Crippen molar-refractivity contribution < 1.29 is 9.47 Å². The lowest BCUT2D eigenvalue weighted by atomic mass is 10.1. The first-order chi connectivity index (χ1) is 10.7. The highest BCUT2D eigenvalue weighted by atomic mass is 16.5. The van der Waals surface area contributed by atoms with Crippen LogP contribution in [0.15, 0.2) is 42.6 Å². The van der Waals surface area contributed by atoms with Gasteiger partial charge in [-0.15, -0.1) is 0 Å². The Balaban J connectivity index is 2.05. The van der Waals surface area contributed by atoms with Crippen LogP contribution < -0.4 is 9.47 Å². The van der Waals surface area contributed by atoms with Gasteiger partial charge in [0.2, 0.25) is 0 Å². The number of hydrogen-bond donors (Lipinski definition) is 0. The molecule has 0 saturated carbocycles. The molecule has 0 aliphatic carbocycles. The molecule has 0 aliphatic heterocycles. The van der Waals surface area contributed by atoms with Gasteiger partial charge in [0.15, 0.2) is 11.5 Å². The number of aryl methyl sites for hydroxylation is 1. The summed E-state index contributed by atoms with van der Waals surface area (Å²) in [7, 11) is 0. The minimum Gasteiger partial charge on any atom is -0.490 e. The molecule has 22 heavy (non-hydrogen) atoms. The fourth-order valence-corrected chi connectivity index (χ4v) is 2.50. The van der Waals surface area contributed by atoms with E-state index in [1.165, 1.54) is 0 Å². The summed E-state index contributed by atoms with van der Waals surface area (Å²) in [6, 6.07) is 12.1. The van der Waals surface area contributed by atoms with E-state index in [4.69, 9.17) is 9.47 Å². The first-order valence-corrected chi connectivity index (χ1v) is 7.57. The molecule has 0 bridgehead atoms. The summed E-state index contributed by atoms with van der Waals surface area (Å²) >= 11 is 0. The molecule has 2 aromatic heterocycles. The fourth-order valence-electron chi connectivity index (χ4n) is 2.50. The predicted octanol–water partition coefficient (Wildman–Crippen LogP) is 4.11. The van der Waals surface area contributed by atoms with E-state index in [9.17, 15) is 0 Å². The Morgan fingerprint density at radius 3 is 2.50 bits per heavy atom. The summed E-state index contributed by atoms with van der Waals surface area (Å²) < 4.78 is 13.4. The molecular formula is C18H20N2O2. The second-order valence-electron chi connectivity index (χ2n) is 5.05. The van der Waals surface area contributed by atoms with Gasteiger partial charge in [0.25, 0.3) is 0 Å². The molecule has 4 nitrogen and oxygen atoms in total. The predicted molar refractivity (Wildman–Crippen MR) is 87.7 cm³/mol. The zero-order valence-electron chi connectivity index (χ0n) is 13.2. The summed E-state index contributed by atoms with van der Waals surface area (Å²) in [6.07, 6.45) is 2.05. The van der Waals surface area contributed by atoms with Crippen LogP contribution in [-0.4, -0.2) is 22.6 Å². The van der Waals surface area contributed by atoms with Crippen LogP contribution in [-0.2, 0) is 0 Å². The molecule has 0 N–H and O–H groups in total. The van der Waals surface area contributed by atoms with Crippen LogP contribution in [0.5, 0.6) is 11.5 Å². The average Bonchev–Trinajstić information content (AvgIpc) is 2.95. The van der Waals surface area contributed by atoms with Crippen molar-refractivity contribution in [3.05, 3.63) is 48.3 Å². The molecule has 2 heterocycles. The van der Waals surface area contributed by atoms with Gasteiger partial charge in [0.05, 0.1) is 18.9 Å². The zero-order valence-corrected chi connectivity index (χ0v) is 13.2. The Hall–Kier alpha value is -2.49. The Bertz CT molecular complexity index is 793. The highest BCUT2D eigenvalue weighted by molar-refractivity contribution is 5.66. The van der Waals surface area contributed by atoms with Crippen molar-refractivity contribution in [2.24, 2.45) is 0 Å². The third-order valence-corrected chi connectivity index (χ3v) is 3.54. The van der Waals surface area contributed by atoms with Crippen molar-refractivity contribution in [1.29, 1.82) is 0 Å². The minimum absolute atomic E-state index is 0.605. The Morgan fingerprint density at radius 2 is 1.77 bits per heavy atom. The maximum Gasteiger partial charge on any atom is 0.161 e. The molecule has 0 saturated heterocycles. The van der Waals surface area contributed by atoms with E-state index < -0.39 is 0 Å². The topological polar surface area (TPSA) is 35.8 Å². The number of benzene rings is 1. The summed E-state index contributed by atoms with van der Waals surface area (Å²) in [6.45, 7) is 7.23. The molecule has 0 radical (unpaired) electrons. The van der Waals surface area contributed by atoms with Gasteiger partial charge in [-0.1, -0.05) is 6.07 Å². The largest absolute Gasteiger partial charge is 0.490 e. The third-order valence-electron chi connectivity index (χ3n) is 3.54. The van der Waals surface area contributed by atoms with E-state index in [0.29, 0.717) is 13.2 Å². The molecule has 0 fully saturated rings. The van der Waals surface area contributed by atoms with Gasteiger partial charge in [0.1, 0.15) is 5.65 Å². The van der Waals surface area contributed by atoms with Gasteiger partial charge < -0.3 is 13.9 Å². The van der Waals surface area contributed by atoms with Gasteiger partial charge in [-0.25, -0.2) is 4.98 Å². The standard InChI is InChI=1S/C18H20N2O2/c1-4-21-16-10-9-14(11-17(16)22-5-2)15-12-20-13(3)7-6-8-18(20)19-15/h6-12H,4-5H2,1-3H3. The van der Waals surface area contributed by atoms with Crippen molar-refractivity contribution in [1.82, 2.24) is 9.38 Å². The highest BCUT2D eigenvalue weighted by Gasteiger charge is 2.10. The number of aromatic nitrogens is 2. The van der Waals surface area contributed by atoms with Crippen LogP contribution >= 0.6 is 0 Å². The highest BCUT2D eigenvalue weighted by Crippen LogP contribution is 2.32. The van der Waals surface area contributed by atoms with Crippen LogP contribution in [0.3, 0.4) is 0 Å². The summed E-state index contributed by atoms with van der Waals surface area (Å²) in [5.41, 5.74) is 4.06. The molecule has 0 amide bonds. The van der Waals surface area contributed by atoms with Crippen LogP contribution in [0, 0.1) is 6.92 Å². The maximum absolute atomic E-state index is 5.69. The first-order valence-electron chi connectivity index (χ1n) is 7.57. The molecule has 4 heteroatoms. The number of fused-ring (bicyclic) bond motifs is 1. The van der Waals surface area contributed by atoms with Gasteiger partial charge in [-0.05, 0) is 51.1 Å². The number of nitrogens with zero attached hydrogens (tertiary/aromatic N) is 2. The van der Waals surface area contributed by atoms with Crippen molar-refractivity contribution in [2.75, 3.05) is 13.2 Å². The number of rotatable bonds is 5. The second kappa shape index (κ2) is 6.10. The fraction of sp³-hybridized carbons (Fsp3) is 0.278. The number of imidazole rings is 1. The smallest absolute Gasteiger partial charge is 0.161 e. The van der Waals surface area contributed by atoms with E-state index in [-0.39, 0.29) is 0 Å². The van der Waals surface area contributed by atoms with E-state index in [1.807, 2.05) is 44.2 Å². The van der Waals surface area contributed by atoms with E-state index >= 15 is 0 Å². The molecule has 0 aliphatic rings. The Labute approximate surface area is 130 Å². The molecule has 3 rings (SSSR count). The van der Waals surface area contributed by atoms with Crippen molar-refractivity contribution in [2.45, 2.75) is 20.8 Å². The van der Waals surface area contributed by atoms with Crippen molar-refractivity contribution >= 4 is 5.65 Å². The lowest BCUT2D eigenvalue weighted by molar-refractivity contribution is 0.288. The van der Waals surface area contributed by atoms with Gasteiger partial charge in [-0.3, -0.25) is 0 Å². The normalized spacial score (nSPS) is 10.9. The lowest BCUT2D eigenvalue weighted by Gasteiger charge is -2.11. The van der Waals surface area contributed by atoms with Gasteiger partial charge >= 0.3 is 0 Å². The van der Waals surface area contributed by atoms with Crippen LogP contribution in [0.25, 0.3) is 16.9 Å². The van der Waals surface area contributed by atoms with Crippen LogP contribution in [0.2, 0.25) is 0 Å². The molecule has 0 spiro atoms. The monoisotopic (exact) mass is 296 g/mol. The molecule has 114 valence electrons. The first kappa shape index (κ1) is 14.4. The Kier molecular flexibility index (Phi) is 4.00. The molecule has 0 unspecified atom stereocenters. The second-order valence-corrected chi connectivity index (χ2v) is 5.05. The number of ether oxygens (including phenoxy) is 2. The number of pyridine rings is 1. The molecule has 0 atom stereocenters. The zero-order chi connectivity index (χ0) is 15.5. The lowest BCUT2D eigenvalue weighted by Crippen LogP contribution is -1.98. The van der Waals surface area contributed by atoms with Crippen LogP contribution in [0.4, 0.5) is 0 Å². The summed E-state index contributed by atoms with van der Waals surface area (Å²) in [5.74, 6) is 1.53. The SMILES string of the molecule is CCOc1ccc(-c2cn3c(C)cccc3n2)cc1OCC. The van der Waals surface area contributed by atoms with E-state index in [0.717, 1.165) is 34.1 Å². The summed E-state index contributed by atoms with van der Waals surface area (Å²) in [5, 5.41) is 0. The van der Waals surface area contributed by atoms with Crippen molar-refractivity contribution in [3.8, 4) is 22.8 Å². The molecule has 1 aromatic carbocycles. The van der Waals surface area contributed by atoms with Gasteiger partial charge in [0, 0.05) is 17.5 Å².